The summed E-state index contributed by atoms with van der Waals surface area (Å²) in [4.78, 5) is 0. The zero-order chi connectivity index (χ0) is 12.3. The zero-order valence-electron chi connectivity index (χ0n) is 10.5. The van der Waals surface area contributed by atoms with Crippen LogP contribution in [0.4, 0.5) is 0 Å². The smallest absolute Gasteiger partial charge is 0.122 e. The lowest BCUT2D eigenvalue weighted by molar-refractivity contribution is 0.0913. The molecule has 2 atom stereocenters. The molecule has 0 saturated carbocycles. The van der Waals surface area contributed by atoms with Crippen LogP contribution in [0.1, 0.15) is 17.5 Å². The Morgan fingerprint density at radius 1 is 1.53 bits per heavy atom. The van der Waals surface area contributed by atoms with Crippen LogP contribution in [0.25, 0.3) is 0 Å². The maximum atomic E-state index is 10.2. The highest BCUT2D eigenvalue weighted by atomic mass is 16.5. The Balaban J connectivity index is 2.08. The van der Waals surface area contributed by atoms with Gasteiger partial charge in [-0.05, 0) is 25.0 Å². The molecule has 1 aliphatic heterocycles. The molecule has 1 N–H and O–H groups in total. The third kappa shape index (κ3) is 2.99. The lowest BCUT2D eigenvalue weighted by Gasteiger charge is -2.18. The van der Waals surface area contributed by atoms with Crippen molar-refractivity contribution in [2.45, 2.75) is 25.9 Å². The molecule has 94 valence electrons. The monoisotopic (exact) mass is 236 g/mol. The zero-order valence-corrected chi connectivity index (χ0v) is 10.5. The van der Waals surface area contributed by atoms with Gasteiger partial charge in [0.2, 0.25) is 0 Å². The Morgan fingerprint density at radius 2 is 2.35 bits per heavy atom. The fourth-order valence-corrected chi connectivity index (χ4v) is 2.32. The quantitative estimate of drug-likeness (QED) is 0.868. The summed E-state index contributed by atoms with van der Waals surface area (Å²) in [6, 6.07) is 6.06. The van der Waals surface area contributed by atoms with Crippen LogP contribution in [-0.4, -0.2) is 31.5 Å². The van der Waals surface area contributed by atoms with Crippen molar-refractivity contribution in [3.05, 3.63) is 29.3 Å². The van der Waals surface area contributed by atoms with Crippen molar-refractivity contribution in [2.24, 2.45) is 5.92 Å². The molecule has 0 bridgehead atoms. The van der Waals surface area contributed by atoms with Gasteiger partial charge in [0.05, 0.1) is 19.8 Å². The number of benzene rings is 1. The fourth-order valence-electron chi connectivity index (χ4n) is 2.32. The molecule has 0 aromatic heterocycles. The number of aliphatic hydroxyl groups is 1. The van der Waals surface area contributed by atoms with Gasteiger partial charge in [0.1, 0.15) is 5.75 Å². The van der Waals surface area contributed by atoms with Gasteiger partial charge in [0, 0.05) is 18.9 Å². The van der Waals surface area contributed by atoms with Crippen molar-refractivity contribution in [1.82, 2.24) is 0 Å². The van der Waals surface area contributed by atoms with Crippen LogP contribution in [-0.2, 0) is 11.2 Å². The van der Waals surface area contributed by atoms with E-state index in [-0.39, 0.29) is 12.0 Å². The molecular formula is C14H20O3. The van der Waals surface area contributed by atoms with E-state index >= 15 is 0 Å². The van der Waals surface area contributed by atoms with Gasteiger partial charge in [-0.15, -0.1) is 0 Å². The van der Waals surface area contributed by atoms with Crippen molar-refractivity contribution in [3.8, 4) is 5.75 Å². The molecule has 1 aliphatic rings. The van der Waals surface area contributed by atoms with Crippen LogP contribution in [0, 0.1) is 12.8 Å². The molecule has 3 nitrogen and oxygen atoms in total. The minimum Gasteiger partial charge on any atom is -0.496 e. The van der Waals surface area contributed by atoms with E-state index in [1.165, 1.54) is 5.56 Å². The number of hydrogen-bond donors (Lipinski definition) is 1. The highest BCUT2D eigenvalue weighted by Crippen LogP contribution is 2.25. The number of ether oxygens (including phenoxy) is 2. The maximum absolute atomic E-state index is 10.2. The number of rotatable bonds is 4. The lowest BCUT2D eigenvalue weighted by atomic mass is 9.94. The number of methoxy groups -OCH3 is 1. The van der Waals surface area contributed by atoms with E-state index < -0.39 is 0 Å². The van der Waals surface area contributed by atoms with Gasteiger partial charge in [-0.2, -0.15) is 0 Å². The fraction of sp³-hybridized carbons (Fsp3) is 0.571. The average Bonchev–Trinajstić information content (AvgIpc) is 2.83. The molecule has 2 unspecified atom stereocenters. The molecular weight excluding hydrogens is 216 g/mol. The third-order valence-corrected chi connectivity index (χ3v) is 3.37. The standard InChI is InChI=1S/C14H20O3/c1-10-3-4-14(16-2)12(7-10)8-13(15)11-5-6-17-9-11/h3-4,7,11,13,15H,5-6,8-9H2,1-2H3. The first-order valence-corrected chi connectivity index (χ1v) is 6.10. The van der Waals surface area contributed by atoms with Crippen molar-refractivity contribution < 1.29 is 14.6 Å². The summed E-state index contributed by atoms with van der Waals surface area (Å²) in [6.07, 6.45) is 1.25. The summed E-state index contributed by atoms with van der Waals surface area (Å²) >= 11 is 0. The van der Waals surface area contributed by atoms with Crippen molar-refractivity contribution in [3.63, 3.8) is 0 Å². The van der Waals surface area contributed by atoms with Crippen molar-refractivity contribution in [2.75, 3.05) is 20.3 Å². The van der Waals surface area contributed by atoms with Gasteiger partial charge in [-0.1, -0.05) is 17.7 Å². The molecule has 1 fully saturated rings. The van der Waals surface area contributed by atoms with Crippen LogP contribution >= 0.6 is 0 Å². The molecule has 1 aromatic carbocycles. The molecule has 1 heterocycles. The second-order valence-corrected chi connectivity index (χ2v) is 4.71. The van der Waals surface area contributed by atoms with Crippen LogP contribution in [0.15, 0.2) is 18.2 Å². The number of hydrogen-bond acceptors (Lipinski definition) is 3. The molecule has 3 heteroatoms. The summed E-state index contributed by atoms with van der Waals surface area (Å²) in [7, 11) is 1.67. The molecule has 1 aromatic rings. The molecule has 1 saturated heterocycles. The van der Waals surface area contributed by atoms with Gasteiger partial charge < -0.3 is 14.6 Å². The van der Waals surface area contributed by atoms with Crippen LogP contribution in [0.5, 0.6) is 5.75 Å². The normalized spacial score (nSPS) is 21.5. The van der Waals surface area contributed by atoms with Crippen LogP contribution < -0.4 is 4.74 Å². The molecule has 0 spiro atoms. The van der Waals surface area contributed by atoms with E-state index in [9.17, 15) is 5.11 Å². The molecule has 2 rings (SSSR count). The molecule has 0 amide bonds. The average molecular weight is 236 g/mol. The second kappa shape index (κ2) is 5.52. The Kier molecular flexibility index (Phi) is 4.02. The van der Waals surface area contributed by atoms with Crippen molar-refractivity contribution >= 4 is 0 Å². The molecule has 0 aliphatic carbocycles. The van der Waals surface area contributed by atoms with Crippen LogP contribution in [0.2, 0.25) is 0 Å². The molecule has 17 heavy (non-hydrogen) atoms. The Hall–Kier alpha value is -1.06. The van der Waals surface area contributed by atoms with Gasteiger partial charge in [-0.3, -0.25) is 0 Å². The van der Waals surface area contributed by atoms with Crippen molar-refractivity contribution in [1.29, 1.82) is 0 Å². The Labute approximate surface area is 102 Å². The summed E-state index contributed by atoms with van der Waals surface area (Å²) in [5.74, 6) is 1.12. The predicted molar refractivity (Wildman–Crippen MR) is 66.4 cm³/mol. The Morgan fingerprint density at radius 3 is 3.00 bits per heavy atom. The minimum absolute atomic E-state index is 0.264. The first kappa shape index (κ1) is 12.4. The number of aliphatic hydroxyl groups excluding tert-OH is 1. The van der Waals surface area contributed by atoms with E-state index in [2.05, 4.69) is 6.07 Å². The van der Waals surface area contributed by atoms with Gasteiger partial charge in [-0.25, -0.2) is 0 Å². The topological polar surface area (TPSA) is 38.7 Å². The third-order valence-electron chi connectivity index (χ3n) is 3.37. The largest absolute Gasteiger partial charge is 0.496 e. The van der Waals surface area contributed by atoms with Crippen LogP contribution in [0.3, 0.4) is 0 Å². The second-order valence-electron chi connectivity index (χ2n) is 4.71. The highest BCUT2D eigenvalue weighted by Gasteiger charge is 2.24. The first-order valence-electron chi connectivity index (χ1n) is 6.10. The predicted octanol–water partition coefficient (Wildman–Crippen LogP) is 1.94. The summed E-state index contributed by atoms with van der Waals surface area (Å²) in [5, 5.41) is 10.2. The SMILES string of the molecule is COc1ccc(C)cc1CC(O)C1CCOC1. The minimum atomic E-state index is -0.340. The number of aryl methyl sites for hydroxylation is 1. The van der Waals surface area contributed by atoms with E-state index in [0.717, 1.165) is 24.3 Å². The van der Waals surface area contributed by atoms with E-state index in [0.29, 0.717) is 13.0 Å². The maximum Gasteiger partial charge on any atom is 0.122 e. The molecule has 0 radical (unpaired) electrons. The van der Waals surface area contributed by atoms with E-state index in [1.54, 1.807) is 7.11 Å². The van der Waals surface area contributed by atoms with E-state index in [4.69, 9.17) is 9.47 Å². The lowest BCUT2D eigenvalue weighted by Crippen LogP contribution is -2.23. The summed E-state index contributed by atoms with van der Waals surface area (Å²) < 4.78 is 10.6. The van der Waals surface area contributed by atoms with Gasteiger partial charge in [0.25, 0.3) is 0 Å². The first-order chi connectivity index (χ1) is 8.20. The van der Waals surface area contributed by atoms with E-state index in [1.807, 2.05) is 19.1 Å². The van der Waals surface area contributed by atoms with Gasteiger partial charge in [0.15, 0.2) is 0 Å². The van der Waals surface area contributed by atoms with Gasteiger partial charge >= 0.3 is 0 Å². The summed E-state index contributed by atoms with van der Waals surface area (Å²) in [6.45, 7) is 3.50. The highest BCUT2D eigenvalue weighted by molar-refractivity contribution is 5.37. The summed E-state index contributed by atoms with van der Waals surface area (Å²) in [5.41, 5.74) is 2.27. The Bertz CT molecular complexity index is 370.